The fraction of sp³-hybridized carbons (Fsp3) is 0.235. The van der Waals surface area contributed by atoms with Crippen LogP contribution in [0.2, 0.25) is 15.1 Å². The first kappa shape index (κ1) is 18.7. The summed E-state index contributed by atoms with van der Waals surface area (Å²) in [5.41, 5.74) is 4.22. The molecule has 0 bridgehead atoms. The number of halogens is 3. The lowest BCUT2D eigenvalue weighted by molar-refractivity contribution is 0.269. The summed E-state index contributed by atoms with van der Waals surface area (Å²) in [6.45, 7) is 2.60. The quantitative estimate of drug-likeness (QED) is 0.404. The van der Waals surface area contributed by atoms with E-state index < -0.39 is 0 Å². The molecule has 128 valence electrons. The van der Waals surface area contributed by atoms with Crippen molar-refractivity contribution in [2.75, 3.05) is 13.7 Å². The van der Waals surface area contributed by atoms with Crippen LogP contribution in [0, 0.1) is 0 Å². The summed E-state index contributed by atoms with van der Waals surface area (Å²) in [5.74, 6) is 1.21. The van der Waals surface area contributed by atoms with Gasteiger partial charge in [-0.2, -0.15) is 5.10 Å². The highest BCUT2D eigenvalue weighted by molar-refractivity contribution is 6.44. The molecule has 1 N–H and O–H groups in total. The van der Waals surface area contributed by atoms with E-state index >= 15 is 0 Å². The van der Waals surface area contributed by atoms with Gasteiger partial charge >= 0.3 is 0 Å². The van der Waals surface area contributed by atoms with Gasteiger partial charge in [0.05, 0.1) is 22.9 Å². The van der Waals surface area contributed by atoms with Crippen molar-refractivity contribution in [2.24, 2.45) is 5.10 Å². The largest absolute Gasteiger partial charge is 0.490 e. The van der Waals surface area contributed by atoms with Crippen molar-refractivity contribution in [1.82, 2.24) is 5.43 Å². The molecule has 2 aromatic carbocycles. The third-order valence-corrected chi connectivity index (χ3v) is 4.32. The second-order valence-corrected chi connectivity index (χ2v) is 5.92. The highest BCUT2D eigenvalue weighted by Crippen LogP contribution is 2.34. The van der Waals surface area contributed by atoms with Crippen LogP contribution in [-0.2, 0) is 6.61 Å². The van der Waals surface area contributed by atoms with Gasteiger partial charge in [-0.1, -0.05) is 34.8 Å². The van der Waals surface area contributed by atoms with Gasteiger partial charge in [0.25, 0.3) is 0 Å². The topological polar surface area (TPSA) is 42.8 Å². The number of hydrogen-bond donors (Lipinski definition) is 1. The first-order valence-corrected chi connectivity index (χ1v) is 8.42. The molecule has 4 nitrogen and oxygen atoms in total. The molecule has 0 saturated carbocycles. The second kappa shape index (κ2) is 9.02. The van der Waals surface area contributed by atoms with Crippen molar-refractivity contribution >= 4 is 41.0 Å². The molecule has 0 atom stereocenters. The van der Waals surface area contributed by atoms with Gasteiger partial charge in [-0.05, 0) is 42.8 Å². The molecule has 0 radical (unpaired) electrons. The van der Waals surface area contributed by atoms with Gasteiger partial charge in [0.15, 0.2) is 11.5 Å². The Labute approximate surface area is 156 Å². The molecule has 0 aliphatic heterocycles. The summed E-state index contributed by atoms with van der Waals surface area (Å²) in [4.78, 5) is 0. The lowest BCUT2D eigenvalue weighted by Crippen LogP contribution is -2.02. The monoisotopic (exact) mass is 386 g/mol. The first-order valence-electron chi connectivity index (χ1n) is 7.28. The zero-order valence-electron chi connectivity index (χ0n) is 13.3. The van der Waals surface area contributed by atoms with Crippen molar-refractivity contribution in [2.45, 2.75) is 13.5 Å². The number of hydrogen-bond acceptors (Lipinski definition) is 4. The van der Waals surface area contributed by atoms with Crippen molar-refractivity contribution < 1.29 is 9.47 Å². The van der Waals surface area contributed by atoms with E-state index in [2.05, 4.69) is 10.5 Å². The maximum atomic E-state index is 6.20. The molecule has 7 heteroatoms. The van der Waals surface area contributed by atoms with E-state index in [4.69, 9.17) is 44.3 Å². The van der Waals surface area contributed by atoms with E-state index in [9.17, 15) is 0 Å². The van der Waals surface area contributed by atoms with E-state index in [-0.39, 0.29) is 6.61 Å². The molecule has 0 aliphatic rings. The third kappa shape index (κ3) is 4.69. The number of benzene rings is 2. The van der Waals surface area contributed by atoms with E-state index in [0.29, 0.717) is 38.7 Å². The number of ether oxygens (including phenoxy) is 2. The van der Waals surface area contributed by atoms with Crippen LogP contribution < -0.4 is 14.9 Å². The molecule has 2 aromatic rings. The van der Waals surface area contributed by atoms with Gasteiger partial charge in [0.2, 0.25) is 0 Å². The Morgan fingerprint density at radius 3 is 2.50 bits per heavy atom. The SMILES string of the molecule is CCOc1cc(/C=N/NC)ccc1OCc1c(Cl)ccc(Cl)c1Cl. The van der Waals surface area contributed by atoms with E-state index in [1.165, 1.54) is 0 Å². The third-order valence-electron chi connectivity index (χ3n) is 3.12. The molecule has 0 unspecified atom stereocenters. The van der Waals surface area contributed by atoms with Crippen LogP contribution >= 0.6 is 34.8 Å². The number of hydrazone groups is 1. The Morgan fingerprint density at radius 1 is 1.04 bits per heavy atom. The van der Waals surface area contributed by atoms with Crippen molar-refractivity contribution in [3.8, 4) is 11.5 Å². The van der Waals surface area contributed by atoms with Gasteiger partial charge in [-0.15, -0.1) is 0 Å². The van der Waals surface area contributed by atoms with Crippen LogP contribution in [0.1, 0.15) is 18.1 Å². The van der Waals surface area contributed by atoms with Crippen molar-refractivity contribution in [1.29, 1.82) is 0 Å². The van der Waals surface area contributed by atoms with Crippen molar-refractivity contribution in [3.63, 3.8) is 0 Å². The predicted molar refractivity (Wildman–Crippen MR) is 100 cm³/mol. The Morgan fingerprint density at radius 2 is 1.79 bits per heavy atom. The fourth-order valence-corrected chi connectivity index (χ4v) is 2.64. The Hall–Kier alpha value is -1.62. The molecule has 0 spiro atoms. The van der Waals surface area contributed by atoms with E-state index in [1.807, 2.05) is 25.1 Å². The van der Waals surface area contributed by atoms with Gasteiger partial charge in [0.1, 0.15) is 6.61 Å². The minimum atomic E-state index is 0.183. The zero-order valence-corrected chi connectivity index (χ0v) is 15.5. The van der Waals surface area contributed by atoms with Crippen LogP contribution in [0.4, 0.5) is 0 Å². The molecule has 0 saturated heterocycles. The minimum Gasteiger partial charge on any atom is -0.490 e. The molecule has 0 aromatic heterocycles. The first-order chi connectivity index (χ1) is 11.6. The molecular weight excluding hydrogens is 371 g/mol. The van der Waals surface area contributed by atoms with Crippen molar-refractivity contribution in [3.05, 3.63) is 56.5 Å². The molecule has 0 fully saturated rings. The number of nitrogens with zero attached hydrogens (tertiary/aromatic N) is 1. The smallest absolute Gasteiger partial charge is 0.161 e. The zero-order chi connectivity index (χ0) is 17.5. The molecular formula is C17H17Cl3N2O2. The fourth-order valence-electron chi connectivity index (χ4n) is 1.98. The Bertz CT molecular complexity index is 736. The van der Waals surface area contributed by atoms with Crippen LogP contribution in [0.5, 0.6) is 11.5 Å². The second-order valence-electron chi connectivity index (χ2n) is 4.73. The van der Waals surface area contributed by atoms with Gasteiger partial charge < -0.3 is 14.9 Å². The van der Waals surface area contributed by atoms with E-state index in [0.717, 1.165) is 5.56 Å². The highest BCUT2D eigenvalue weighted by atomic mass is 35.5. The summed E-state index contributed by atoms with van der Waals surface area (Å²) < 4.78 is 11.5. The standard InChI is InChI=1S/C17H17Cl3N2O2/c1-3-23-16-8-11(9-22-21-2)4-7-15(16)24-10-12-13(18)5-6-14(19)17(12)20/h4-9,21H,3,10H2,1-2H3/b22-9+. The average molecular weight is 388 g/mol. The number of rotatable bonds is 7. The normalized spacial score (nSPS) is 10.9. The minimum absolute atomic E-state index is 0.183. The van der Waals surface area contributed by atoms with Gasteiger partial charge in [0, 0.05) is 17.6 Å². The molecule has 0 amide bonds. The highest BCUT2D eigenvalue weighted by Gasteiger charge is 2.12. The van der Waals surface area contributed by atoms with Gasteiger partial charge in [-0.25, -0.2) is 0 Å². The number of nitrogens with one attached hydrogen (secondary N) is 1. The van der Waals surface area contributed by atoms with Crippen LogP contribution in [0.25, 0.3) is 0 Å². The molecule has 0 aliphatic carbocycles. The van der Waals surface area contributed by atoms with E-state index in [1.54, 1.807) is 25.4 Å². The molecule has 0 heterocycles. The van der Waals surface area contributed by atoms with Crippen LogP contribution in [0.15, 0.2) is 35.4 Å². The molecule has 2 rings (SSSR count). The predicted octanol–water partition coefficient (Wildman–Crippen LogP) is 5.18. The summed E-state index contributed by atoms with van der Waals surface area (Å²) in [6, 6.07) is 8.88. The average Bonchev–Trinajstić information content (AvgIpc) is 2.58. The van der Waals surface area contributed by atoms with Crippen LogP contribution in [0.3, 0.4) is 0 Å². The van der Waals surface area contributed by atoms with Crippen LogP contribution in [-0.4, -0.2) is 19.9 Å². The summed E-state index contributed by atoms with van der Waals surface area (Å²) >= 11 is 18.4. The van der Waals surface area contributed by atoms with Gasteiger partial charge in [-0.3, -0.25) is 0 Å². The lowest BCUT2D eigenvalue weighted by atomic mass is 10.2. The maximum Gasteiger partial charge on any atom is 0.161 e. The summed E-state index contributed by atoms with van der Waals surface area (Å²) in [7, 11) is 1.73. The summed E-state index contributed by atoms with van der Waals surface area (Å²) in [5, 5.41) is 5.30. The lowest BCUT2D eigenvalue weighted by Gasteiger charge is -2.14. The Balaban J connectivity index is 2.23. The maximum absolute atomic E-state index is 6.20. The molecule has 24 heavy (non-hydrogen) atoms. The Kier molecular flexibility index (Phi) is 7.03. The summed E-state index contributed by atoms with van der Waals surface area (Å²) in [6.07, 6.45) is 1.69.